The first-order valence-electron chi connectivity index (χ1n) is 3.86. The largest absolute Gasteiger partial charge is 0.207 e. The van der Waals surface area contributed by atoms with E-state index in [0.29, 0.717) is 0 Å². The van der Waals surface area contributed by atoms with Crippen molar-refractivity contribution in [2.75, 3.05) is 5.75 Å². The number of rotatable bonds is 3. The molecule has 0 saturated carbocycles. The molecule has 0 bridgehead atoms. The average molecular weight is 182 g/mol. The van der Waals surface area contributed by atoms with Crippen LogP contribution in [0.2, 0.25) is 0 Å². The highest BCUT2D eigenvalue weighted by Crippen LogP contribution is 2.05. The highest BCUT2D eigenvalue weighted by Gasteiger charge is 1.87. The van der Waals surface area contributed by atoms with Gasteiger partial charge in [-0.2, -0.15) is 12.6 Å². The summed E-state index contributed by atoms with van der Waals surface area (Å²) in [5.41, 5.74) is 1.03. The molecule has 0 heterocycles. The maximum atomic E-state index is 12.4. The van der Waals surface area contributed by atoms with Crippen LogP contribution in [0.5, 0.6) is 0 Å². The van der Waals surface area contributed by atoms with E-state index < -0.39 is 0 Å². The summed E-state index contributed by atoms with van der Waals surface area (Å²) in [4.78, 5) is 0. The van der Waals surface area contributed by atoms with Crippen LogP contribution in [0, 0.1) is 5.82 Å². The third-order valence-electron chi connectivity index (χ3n) is 1.48. The first-order valence-corrected chi connectivity index (χ1v) is 4.49. The molecule has 1 rings (SSSR count). The standard InChI is InChI=1S/C10H11FS/c11-10-6-4-9(5-7-10)3-1-2-8-12/h1,3-7,12H,2,8H2/b3-1+. The molecule has 0 aliphatic carbocycles. The Morgan fingerprint density at radius 2 is 1.92 bits per heavy atom. The Labute approximate surface area is 77.5 Å². The zero-order chi connectivity index (χ0) is 8.81. The fourth-order valence-electron chi connectivity index (χ4n) is 0.868. The van der Waals surface area contributed by atoms with E-state index in [4.69, 9.17) is 0 Å². The summed E-state index contributed by atoms with van der Waals surface area (Å²) < 4.78 is 12.4. The molecule has 0 aromatic heterocycles. The van der Waals surface area contributed by atoms with Crippen molar-refractivity contribution in [3.8, 4) is 0 Å². The number of allylic oxidation sites excluding steroid dienone is 1. The predicted molar refractivity (Wildman–Crippen MR) is 53.9 cm³/mol. The summed E-state index contributed by atoms with van der Waals surface area (Å²) in [6.45, 7) is 0. The molecule has 1 aromatic rings. The topological polar surface area (TPSA) is 0 Å². The second kappa shape index (κ2) is 4.99. The summed E-state index contributed by atoms with van der Waals surface area (Å²) in [5.74, 6) is 0.652. The molecule has 0 aliphatic rings. The van der Waals surface area contributed by atoms with Crippen molar-refractivity contribution in [1.29, 1.82) is 0 Å². The second-order valence-electron chi connectivity index (χ2n) is 2.47. The van der Waals surface area contributed by atoms with Gasteiger partial charge in [-0.3, -0.25) is 0 Å². The first-order chi connectivity index (χ1) is 5.83. The van der Waals surface area contributed by atoms with Gasteiger partial charge in [-0.05, 0) is 29.9 Å². The van der Waals surface area contributed by atoms with Gasteiger partial charge in [0.2, 0.25) is 0 Å². The first kappa shape index (κ1) is 9.33. The van der Waals surface area contributed by atoms with E-state index in [2.05, 4.69) is 12.6 Å². The Morgan fingerprint density at radius 3 is 2.50 bits per heavy atom. The molecule has 0 atom stereocenters. The van der Waals surface area contributed by atoms with Crippen LogP contribution in [0.3, 0.4) is 0 Å². The summed E-state index contributed by atoms with van der Waals surface area (Å²) in [5, 5.41) is 0. The molecule has 0 unspecified atom stereocenters. The van der Waals surface area contributed by atoms with Gasteiger partial charge in [-0.25, -0.2) is 4.39 Å². The molecule has 0 fully saturated rings. The lowest BCUT2D eigenvalue weighted by Gasteiger charge is -1.91. The van der Waals surface area contributed by atoms with Crippen molar-refractivity contribution in [2.24, 2.45) is 0 Å². The Hall–Kier alpha value is -0.760. The minimum Gasteiger partial charge on any atom is -0.207 e. The molecule has 0 N–H and O–H groups in total. The molecule has 0 spiro atoms. The van der Waals surface area contributed by atoms with Crippen LogP contribution >= 0.6 is 12.6 Å². The SMILES string of the molecule is Fc1ccc(/C=C/CCS)cc1. The van der Waals surface area contributed by atoms with Gasteiger partial charge in [0.1, 0.15) is 5.82 Å². The number of hydrogen-bond acceptors (Lipinski definition) is 1. The van der Waals surface area contributed by atoms with Gasteiger partial charge >= 0.3 is 0 Å². The van der Waals surface area contributed by atoms with Crippen LogP contribution < -0.4 is 0 Å². The number of halogens is 1. The van der Waals surface area contributed by atoms with Crippen molar-refractivity contribution in [1.82, 2.24) is 0 Å². The molecule has 2 heteroatoms. The Balaban J connectivity index is 2.58. The van der Waals surface area contributed by atoms with Crippen molar-refractivity contribution < 1.29 is 4.39 Å². The minimum absolute atomic E-state index is 0.193. The third-order valence-corrected chi connectivity index (χ3v) is 1.73. The van der Waals surface area contributed by atoms with Gasteiger partial charge in [0.15, 0.2) is 0 Å². The Morgan fingerprint density at radius 1 is 1.25 bits per heavy atom. The van der Waals surface area contributed by atoms with Crippen molar-refractivity contribution in [3.05, 3.63) is 41.7 Å². The van der Waals surface area contributed by atoms with E-state index in [-0.39, 0.29) is 5.82 Å². The second-order valence-corrected chi connectivity index (χ2v) is 2.91. The lowest BCUT2D eigenvalue weighted by atomic mass is 10.2. The maximum Gasteiger partial charge on any atom is 0.123 e. The van der Waals surface area contributed by atoms with E-state index >= 15 is 0 Å². The predicted octanol–water partition coefficient (Wildman–Crippen LogP) is 3.16. The van der Waals surface area contributed by atoms with E-state index in [1.54, 1.807) is 12.1 Å². The van der Waals surface area contributed by atoms with E-state index in [9.17, 15) is 4.39 Å². The molecule has 0 aliphatic heterocycles. The van der Waals surface area contributed by atoms with Crippen LogP contribution in [0.1, 0.15) is 12.0 Å². The summed E-state index contributed by atoms with van der Waals surface area (Å²) in [6.07, 6.45) is 4.94. The maximum absolute atomic E-state index is 12.4. The Kier molecular flexibility index (Phi) is 3.88. The van der Waals surface area contributed by atoms with Crippen LogP contribution in [0.15, 0.2) is 30.3 Å². The van der Waals surface area contributed by atoms with Crippen molar-refractivity contribution in [3.63, 3.8) is 0 Å². The smallest absolute Gasteiger partial charge is 0.123 e. The molecular formula is C10H11FS. The summed E-state index contributed by atoms with van der Waals surface area (Å²) in [7, 11) is 0. The molecular weight excluding hydrogens is 171 g/mol. The zero-order valence-electron chi connectivity index (χ0n) is 6.70. The molecule has 0 nitrogen and oxygen atoms in total. The van der Waals surface area contributed by atoms with E-state index in [0.717, 1.165) is 17.7 Å². The van der Waals surface area contributed by atoms with Crippen LogP contribution in [0.4, 0.5) is 4.39 Å². The van der Waals surface area contributed by atoms with Crippen LogP contribution in [0.25, 0.3) is 6.08 Å². The lowest BCUT2D eigenvalue weighted by Crippen LogP contribution is -1.74. The summed E-state index contributed by atoms with van der Waals surface area (Å²) in [6, 6.07) is 6.43. The molecule has 0 amide bonds. The van der Waals surface area contributed by atoms with E-state index in [1.807, 2.05) is 12.2 Å². The van der Waals surface area contributed by atoms with Gasteiger partial charge in [0.25, 0.3) is 0 Å². The van der Waals surface area contributed by atoms with Gasteiger partial charge in [0, 0.05) is 0 Å². The number of benzene rings is 1. The Bertz CT molecular complexity index is 251. The quantitative estimate of drug-likeness (QED) is 0.682. The fourth-order valence-corrected chi connectivity index (χ4v) is 1.02. The van der Waals surface area contributed by atoms with Crippen LogP contribution in [-0.2, 0) is 0 Å². The van der Waals surface area contributed by atoms with Gasteiger partial charge < -0.3 is 0 Å². The van der Waals surface area contributed by atoms with Gasteiger partial charge in [-0.1, -0.05) is 24.3 Å². The van der Waals surface area contributed by atoms with Crippen molar-refractivity contribution >= 4 is 18.7 Å². The van der Waals surface area contributed by atoms with Crippen LogP contribution in [-0.4, -0.2) is 5.75 Å². The summed E-state index contributed by atoms with van der Waals surface area (Å²) >= 11 is 4.07. The number of thiol groups is 1. The highest BCUT2D eigenvalue weighted by molar-refractivity contribution is 7.80. The monoisotopic (exact) mass is 182 g/mol. The van der Waals surface area contributed by atoms with E-state index in [1.165, 1.54) is 12.1 Å². The zero-order valence-corrected chi connectivity index (χ0v) is 7.60. The van der Waals surface area contributed by atoms with Gasteiger partial charge in [-0.15, -0.1) is 0 Å². The number of hydrogen-bond donors (Lipinski definition) is 1. The average Bonchev–Trinajstić information content (AvgIpc) is 2.09. The molecule has 12 heavy (non-hydrogen) atoms. The molecule has 1 aromatic carbocycles. The van der Waals surface area contributed by atoms with Crippen molar-refractivity contribution in [2.45, 2.75) is 6.42 Å². The lowest BCUT2D eigenvalue weighted by molar-refractivity contribution is 0.628. The minimum atomic E-state index is -0.193. The normalized spacial score (nSPS) is 10.8. The van der Waals surface area contributed by atoms with Gasteiger partial charge in [0.05, 0.1) is 0 Å². The highest BCUT2D eigenvalue weighted by atomic mass is 32.1. The molecule has 0 radical (unpaired) electrons. The molecule has 0 saturated heterocycles. The molecule has 64 valence electrons. The fraction of sp³-hybridized carbons (Fsp3) is 0.200. The third kappa shape index (κ3) is 3.09.